The van der Waals surface area contributed by atoms with Crippen molar-refractivity contribution in [2.45, 2.75) is 31.3 Å². The molecule has 3 atom stereocenters. The first-order valence-electron chi connectivity index (χ1n) is 3.22. The van der Waals surface area contributed by atoms with Crippen molar-refractivity contribution >= 4 is 0 Å². The van der Waals surface area contributed by atoms with Gasteiger partial charge in [0, 0.05) is 6.42 Å². The van der Waals surface area contributed by atoms with Crippen LogP contribution in [0.5, 0.6) is 0 Å². The van der Waals surface area contributed by atoms with Crippen LogP contribution in [0.2, 0.25) is 0 Å². The molecule has 1 rings (SSSR count). The van der Waals surface area contributed by atoms with Crippen LogP contribution in [-0.2, 0) is 4.74 Å². The highest BCUT2D eigenvalue weighted by Gasteiger charge is 2.37. The highest BCUT2D eigenvalue weighted by atomic mass is 16.6. The lowest BCUT2D eigenvalue weighted by molar-refractivity contribution is -0.227. The second-order valence-corrected chi connectivity index (χ2v) is 2.87. The molecule has 1 fully saturated rings. The topological polar surface area (TPSA) is 69.9 Å². The van der Waals surface area contributed by atoms with Crippen molar-refractivity contribution < 1.29 is 20.1 Å². The first-order valence-corrected chi connectivity index (χ1v) is 3.22. The van der Waals surface area contributed by atoms with Crippen LogP contribution in [0.25, 0.3) is 0 Å². The second-order valence-electron chi connectivity index (χ2n) is 2.87. The lowest BCUT2D eigenvalue weighted by Crippen LogP contribution is -2.50. The van der Waals surface area contributed by atoms with Gasteiger partial charge in [-0.05, 0) is 6.92 Å². The van der Waals surface area contributed by atoms with Crippen molar-refractivity contribution in [1.82, 2.24) is 0 Å². The van der Waals surface area contributed by atoms with Gasteiger partial charge in [-0.3, -0.25) is 0 Å². The Morgan fingerprint density at radius 1 is 1.50 bits per heavy atom. The van der Waals surface area contributed by atoms with Crippen molar-refractivity contribution in [1.29, 1.82) is 0 Å². The largest absolute Gasteiger partial charge is 0.388 e. The fourth-order valence-corrected chi connectivity index (χ4v) is 0.930. The van der Waals surface area contributed by atoms with Crippen LogP contribution in [0.4, 0.5) is 0 Å². The third-order valence-corrected chi connectivity index (χ3v) is 1.75. The van der Waals surface area contributed by atoms with E-state index >= 15 is 0 Å². The lowest BCUT2D eigenvalue weighted by Gasteiger charge is -2.35. The fourth-order valence-electron chi connectivity index (χ4n) is 0.930. The molecule has 1 heterocycles. The average molecular weight is 148 g/mol. The van der Waals surface area contributed by atoms with Crippen molar-refractivity contribution in [2.75, 3.05) is 6.61 Å². The predicted octanol–water partition coefficient (Wildman–Crippen LogP) is -1.16. The Hall–Kier alpha value is -0.160. The number of ether oxygens (including phenoxy) is 1. The van der Waals surface area contributed by atoms with E-state index < -0.39 is 18.0 Å². The van der Waals surface area contributed by atoms with E-state index in [1.807, 2.05) is 0 Å². The van der Waals surface area contributed by atoms with Gasteiger partial charge in [-0.1, -0.05) is 0 Å². The Kier molecular flexibility index (Phi) is 1.96. The molecule has 1 saturated heterocycles. The monoisotopic (exact) mass is 148 g/mol. The summed E-state index contributed by atoms with van der Waals surface area (Å²) in [5, 5.41) is 27.3. The number of aliphatic hydroxyl groups is 3. The van der Waals surface area contributed by atoms with Gasteiger partial charge in [-0.2, -0.15) is 0 Å². The minimum Gasteiger partial charge on any atom is -0.388 e. The van der Waals surface area contributed by atoms with Crippen molar-refractivity contribution in [2.24, 2.45) is 0 Å². The van der Waals surface area contributed by atoms with E-state index in [1.54, 1.807) is 0 Å². The molecule has 0 aliphatic carbocycles. The minimum atomic E-state index is -1.21. The van der Waals surface area contributed by atoms with Gasteiger partial charge in [0.15, 0.2) is 6.29 Å². The maximum atomic E-state index is 9.32. The molecule has 0 aromatic heterocycles. The molecule has 1 aliphatic rings. The Balaban J connectivity index is 2.55. The molecule has 0 aromatic carbocycles. The van der Waals surface area contributed by atoms with E-state index in [4.69, 9.17) is 10.2 Å². The molecular weight excluding hydrogens is 136 g/mol. The van der Waals surface area contributed by atoms with Gasteiger partial charge in [0.1, 0.15) is 6.10 Å². The van der Waals surface area contributed by atoms with Crippen molar-refractivity contribution in [3.8, 4) is 0 Å². The number of hydrogen-bond donors (Lipinski definition) is 3. The summed E-state index contributed by atoms with van der Waals surface area (Å²) in [5.41, 5.74) is -1.21. The second kappa shape index (κ2) is 2.47. The molecule has 4 nitrogen and oxygen atoms in total. The van der Waals surface area contributed by atoms with Crippen molar-refractivity contribution in [3.63, 3.8) is 0 Å². The van der Waals surface area contributed by atoms with Gasteiger partial charge in [-0.15, -0.1) is 0 Å². The van der Waals surface area contributed by atoms with Crippen LogP contribution in [0, 0.1) is 0 Å². The molecule has 0 saturated carbocycles. The molecule has 60 valence electrons. The van der Waals surface area contributed by atoms with E-state index in [2.05, 4.69) is 4.74 Å². The van der Waals surface area contributed by atoms with Gasteiger partial charge >= 0.3 is 0 Å². The normalized spacial score (nSPS) is 49.2. The Bertz CT molecular complexity index is 123. The number of aliphatic hydroxyl groups excluding tert-OH is 2. The molecule has 0 amide bonds. The van der Waals surface area contributed by atoms with Crippen LogP contribution in [0.3, 0.4) is 0 Å². The third-order valence-electron chi connectivity index (χ3n) is 1.75. The van der Waals surface area contributed by atoms with E-state index in [-0.39, 0.29) is 13.0 Å². The van der Waals surface area contributed by atoms with Gasteiger partial charge in [0.05, 0.1) is 12.2 Å². The Morgan fingerprint density at radius 3 is 2.50 bits per heavy atom. The number of hydrogen-bond acceptors (Lipinski definition) is 4. The zero-order valence-electron chi connectivity index (χ0n) is 5.82. The summed E-state index contributed by atoms with van der Waals surface area (Å²) in [4.78, 5) is 0. The van der Waals surface area contributed by atoms with Crippen molar-refractivity contribution in [3.05, 3.63) is 0 Å². The predicted molar refractivity (Wildman–Crippen MR) is 33.2 cm³/mol. The highest BCUT2D eigenvalue weighted by Crippen LogP contribution is 2.22. The maximum absolute atomic E-state index is 9.32. The first-order chi connectivity index (χ1) is 4.52. The summed E-state index contributed by atoms with van der Waals surface area (Å²) in [6.07, 6.45) is -1.77. The molecule has 0 spiro atoms. The highest BCUT2D eigenvalue weighted by molar-refractivity contribution is 4.85. The SMILES string of the molecule is C[C@@]1(O)CC(O)OCC1O. The molecule has 0 bridgehead atoms. The zero-order valence-corrected chi connectivity index (χ0v) is 5.82. The lowest BCUT2D eigenvalue weighted by atomic mass is 9.93. The van der Waals surface area contributed by atoms with Gasteiger partial charge in [0.25, 0.3) is 0 Å². The Morgan fingerprint density at radius 2 is 2.10 bits per heavy atom. The molecule has 10 heavy (non-hydrogen) atoms. The molecular formula is C6H12O4. The molecule has 4 heteroatoms. The quantitative estimate of drug-likeness (QED) is 0.405. The molecule has 3 N–H and O–H groups in total. The summed E-state index contributed by atoms with van der Waals surface area (Å²) >= 11 is 0. The average Bonchev–Trinajstić information content (AvgIpc) is 1.78. The van der Waals surface area contributed by atoms with E-state index in [0.717, 1.165) is 0 Å². The summed E-state index contributed by atoms with van der Waals surface area (Å²) in [6, 6.07) is 0. The van der Waals surface area contributed by atoms with Crippen LogP contribution < -0.4 is 0 Å². The first kappa shape index (κ1) is 7.94. The maximum Gasteiger partial charge on any atom is 0.157 e. The van der Waals surface area contributed by atoms with Crippen LogP contribution in [0.15, 0.2) is 0 Å². The number of rotatable bonds is 0. The fraction of sp³-hybridized carbons (Fsp3) is 1.00. The van der Waals surface area contributed by atoms with E-state index in [0.29, 0.717) is 0 Å². The summed E-state index contributed by atoms with van der Waals surface area (Å²) in [5.74, 6) is 0. The standard InChI is InChI=1S/C6H12O4/c1-6(9)2-5(8)10-3-4(6)7/h4-5,7-9H,2-3H2,1H3/t4?,5?,6-/m1/s1. The van der Waals surface area contributed by atoms with E-state index in [9.17, 15) is 5.11 Å². The minimum absolute atomic E-state index is 0.00579. The third kappa shape index (κ3) is 1.46. The molecule has 2 unspecified atom stereocenters. The van der Waals surface area contributed by atoms with E-state index in [1.165, 1.54) is 6.92 Å². The van der Waals surface area contributed by atoms with Gasteiger partial charge in [-0.25, -0.2) is 0 Å². The van der Waals surface area contributed by atoms with Crippen LogP contribution in [-0.4, -0.2) is 39.9 Å². The summed E-state index contributed by atoms with van der Waals surface area (Å²) in [6.45, 7) is 1.47. The van der Waals surface area contributed by atoms with Gasteiger partial charge < -0.3 is 20.1 Å². The van der Waals surface area contributed by atoms with Crippen LogP contribution in [0.1, 0.15) is 13.3 Å². The smallest absolute Gasteiger partial charge is 0.157 e. The molecule has 1 aliphatic heterocycles. The molecule has 0 aromatic rings. The summed E-state index contributed by atoms with van der Waals surface area (Å²) < 4.78 is 4.67. The van der Waals surface area contributed by atoms with Crippen LogP contribution >= 0.6 is 0 Å². The Labute approximate surface area is 59.1 Å². The van der Waals surface area contributed by atoms with Gasteiger partial charge in [0.2, 0.25) is 0 Å². The zero-order chi connectivity index (χ0) is 7.78. The summed E-state index contributed by atoms with van der Waals surface area (Å²) in [7, 11) is 0. The molecule has 0 radical (unpaired) electrons.